The molecule has 1 aliphatic rings. The predicted octanol–water partition coefficient (Wildman–Crippen LogP) is 2.83. The van der Waals surface area contributed by atoms with Crippen LogP contribution in [0.1, 0.15) is 42.6 Å². The van der Waals surface area contributed by atoms with Crippen LogP contribution in [0, 0.1) is 12.8 Å². The third kappa shape index (κ3) is 3.18. The summed E-state index contributed by atoms with van der Waals surface area (Å²) in [6.07, 6.45) is 2.18. The number of likely N-dealkylation sites (tertiary alicyclic amines) is 1. The monoisotopic (exact) mass is 274 g/mol. The number of nitrogens with one attached hydrogen (secondary N) is 1. The molecular formula is C16H22N2O2. The Kier molecular flexibility index (Phi) is 4.42. The minimum absolute atomic E-state index is 0.0111. The van der Waals surface area contributed by atoms with Crippen molar-refractivity contribution < 1.29 is 9.59 Å². The van der Waals surface area contributed by atoms with E-state index < -0.39 is 0 Å². The number of hydrogen-bond donors (Lipinski definition) is 1. The summed E-state index contributed by atoms with van der Waals surface area (Å²) in [5.41, 5.74) is 2.39. The SMILES string of the molecule is Cc1cc(NC(=O)C(C)C)ccc1C(=O)N1CCCC1. The summed E-state index contributed by atoms with van der Waals surface area (Å²) in [6.45, 7) is 7.32. The van der Waals surface area contributed by atoms with Crippen molar-refractivity contribution in [3.05, 3.63) is 29.3 Å². The van der Waals surface area contributed by atoms with Crippen LogP contribution in [-0.4, -0.2) is 29.8 Å². The van der Waals surface area contributed by atoms with Crippen LogP contribution in [-0.2, 0) is 4.79 Å². The zero-order valence-electron chi connectivity index (χ0n) is 12.4. The van der Waals surface area contributed by atoms with Crippen molar-refractivity contribution in [3.8, 4) is 0 Å². The highest BCUT2D eigenvalue weighted by Crippen LogP contribution is 2.19. The van der Waals surface area contributed by atoms with Gasteiger partial charge in [0.15, 0.2) is 0 Å². The molecule has 4 nitrogen and oxygen atoms in total. The van der Waals surface area contributed by atoms with Crippen LogP contribution in [0.3, 0.4) is 0 Å². The molecule has 0 unspecified atom stereocenters. The van der Waals surface area contributed by atoms with Crippen molar-refractivity contribution in [2.75, 3.05) is 18.4 Å². The minimum Gasteiger partial charge on any atom is -0.339 e. The molecule has 0 radical (unpaired) electrons. The summed E-state index contributed by atoms with van der Waals surface area (Å²) in [5, 5.41) is 2.85. The van der Waals surface area contributed by atoms with E-state index in [2.05, 4.69) is 5.32 Å². The fourth-order valence-corrected chi connectivity index (χ4v) is 2.36. The van der Waals surface area contributed by atoms with E-state index in [1.165, 1.54) is 0 Å². The van der Waals surface area contributed by atoms with E-state index >= 15 is 0 Å². The summed E-state index contributed by atoms with van der Waals surface area (Å²) in [4.78, 5) is 25.9. The van der Waals surface area contributed by atoms with Crippen LogP contribution in [0.25, 0.3) is 0 Å². The highest BCUT2D eigenvalue weighted by molar-refractivity contribution is 5.97. The first-order chi connectivity index (χ1) is 9.49. The number of nitrogens with zero attached hydrogens (tertiary/aromatic N) is 1. The number of rotatable bonds is 3. The Bertz CT molecular complexity index is 517. The number of aryl methyl sites for hydroxylation is 1. The number of anilines is 1. The fraction of sp³-hybridized carbons (Fsp3) is 0.500. The Balaban J connectivity index is 2.13. The summed E-state index contributed by atoms with van der Waals surface area (Å²) in [6, 6.07) is 5.48. The molecule has 0 bridgehead atoms. The van der Waals surface area contributed by atoms with Crippen LogP contribution in [0.5, 0.6) is 0 Å². The first kappa shape index (κ1) is 14.6. The maximum atomic E-state index is 12.3. The lowest BCUT2D eigenvalue weighted by molar-refractivity contribution is -0.118. The minimum atomic E-state index is -0.0544. The maximum Gasteiger partial charge on any atom is 0.254 e. The van der Waals surface area contributed by atoms with Crippen LogP contribution < -0.4 is 5.32 Å². The standard InChI is InChI=1S/C16H22N2O2/c1-11(2)15(19)17-13-6-7-14(12(3)10-13)16(20)18-8-4-5-9-18/h6-7,10-11H,4-5,8-9H2,1-3H3,(H,17,19). The Hall–Kier alpha value is -1.84. The molecule has 1 N–H and O–H groups in total. The van der Waals surface area contributed by atoms with Crippen molar-refractivity contribution >= 4 is 17.5 Å². The van der Waals surface area contributed by atoms with Crippen LogP contribution >= 0.6 is 0 Å². The van der Waals surface area contributed by atoms with E-state index in [-0.39, 0.29) is 17.7 Å². The highest BCUT2D eigenvalue weighted by Gasteiger charge is 2.21. The van der Waals surface area contributed by atoms with Crippen molar-refractivity contribution in [1.82, 2.24) is 4.90 Å². The zero-order valence-corrected chi connectivity index (χ0v) is 12.4. The molecule has 108 valence electrons. The average molecular weight is 274 g/mol. The van der Waals surface area contributed by atoms with Crippen LogP contribution in [0.15, 0.2) is 18.2 Å². The van der Waals surface area contributed by atoms with E-state index in [0.717, 1.165) is 42.7 Å². The number of amides is 2. The summed E-state index contributed by atoms with van der Waals surface area (Å²) in [5.74, 6) is 0.0333. The molecule has 0 aromatic heterocycles. The number of carbonyl (C=O) groups is 2. The summed E-state index contributed by atoms with van der Waals surface area (Å²) in [7, 11) is 0. The normalized spacial score (nSPS) is 14.7. The second kappa shape index (κ2) is 6.07. The Morgan fingerprint density at radius 3 is 2.40 bits per heavy atom. The van der Waals surface area contributed by atoms with Gasteiger partial charge in [-0.1, -0.05) is 13.8 Å². The van der Waals surface area contributed by atoms with E-state index in [1.54, 1.807) is 6.07 Å². The predicted molar refractivity (Wildman–Crippen MR) is 79.8 cm³/mol. The van der Waals surface area contributed by atoms with E-state index in [1.807, 2.05) is 37.8 Å². The number of hydrogen-bond acceptors (Lipinski definition) is 2. The van der Waals surface area contributed by atoms with Gasteiger partial charge in [-0.2, -0.15) is 0 Å². The van der Waals surface area contributed by atoms with Gasteiger partial charge in [0.05, 0.1) is 0 Å². The van der Waals surface area contributed by atoms with E-state index in [4.69, 9.17) is 0 Å². The van der Waals surface area contributed by atoms with E-state index in [0.29, 0.717) is 0 Å². The first-order valence-corrected chi connectivity index (χ1v) is 7.20. The van der Waals surface area contributed by atoms with Crippen LogP contribution in [0.2, 0.25) is 0 Å². The largest absolute Gasteiger partial charge is 0.339 e. The molecule has 20 heavy (non-hydrogen) atoms. The van der Waals surface area contributed by atoms with Gasteiger partial charge in [0.25, 0.3) is 5.91 Å². The lowest BCUT2D eigenvalue weighted by atomic mass is 10.1. The Morgan fingerprint density at radius 1 is 1.20 bits per heavy atom. The third-order valence-electron chi connectivity index (χ3n) is 3.64. The Labute approximate surface area is 120 Å². The van der Waals surface area contributed by atoms with Gasteiger partial charge in [-0.15, -0.1) is 0 Å². The van der Waals surface area contributed by atoms with Gasteiger partial charge < -0.3 is 10.2 Å². The van der Waals surface area contributed by atoms with Gasteiger partial charge in [-0.05, 0) is 43.5 Å². The molecule has 2 rings (SSSR count). The molecular weight excluding hydrogens is 252 g/mol. The van der Waals surface area contributed by atoms with E-state index in [9.17, 15) is 9.59 Å². The molecule has 1 saturated heterocycles. The third-order valence-corrected chi connectivity index (χ3v) is 3.64. The van der Waals surface area contributed by atoms with Gasteiger partial charge in [0, 0.05) is 30.3 Å². The van der Waals surface area contributed by atoms with Gasteiger partial charge in [-0.3, -0.25) is 9.59 Å². The topological polar surface area (TPSA) is 49.4 Å². The van der Waals surface area contributed by atoms with Gasteiger partial charge in [-0.25, -0.2) is 0 Å². The van der Waals surface area contributed by atoms with Gasteiger partial charge >= 0.3 is 0 Å². The first-order valence-electron chi connectivity index (χ1n) is 7.20. The van der Waals surface area contributed by atoms with Crippen molar-refractivity contribution in [1.29, 1.82) is 0 Å². The number of carbonyl (C=O) groups excluding carboxylic acids is 2. The molecule has 2 amide bonds. The molecule has 1 fully saturated rings. The highest BCUT2D eigenvalue weighted by atomic mass is 16.2. The van der Waals surface area contributed by atoms with Gasteiger partial charge in [0.1, 0.15) is 0 Å². The molecule has 0 atom stereocenters. The fourth-order valence-electron chi connectivity index (χ4n) is 2.36. The van der Waals surface area contributed by atoms with Crippen molar-refractivity contribution in [2.45, 2.75) is 33.6 Å². The van der Waals surface area contributed by atoms with Gasteiger partial charge in [0.2, 0.25) is 5.91 Å². The lowest BCUT2D eigenvalue weighted by Gasteiger charge is -2.17. The second-order valence-electron chi connectivity index (χ2n) is 5.67. The molecule has 4 heteroatoms. The quantitative estimate of drug-likeness (QED) is 0.921. The molecule has 0 aliphatic carbocycles. The molecule has 1 aromatic carbocycles. The van der Waals surface area contributed by atoms with Crippen LogP contribution in [0.4, 0.5) is 5.69 Å². The zero-order chi connectivity index (χ0) is 14.7. The average Bonchev–Trinajstić information content (AvgIpc) is 2.91. The van der Waals surface area contributed by atoms with Crippen molar-refractivity contribution in [3.63, 3.8) is 0 Å². The summed E-state index contributed by atoms with van der Waals surface area (Å²) >= 11 is 0. The molecule has 0 saturated carbocycles. The Morgan fingerprint density at radius 2 is 1.85 bits per heavy atom. The van der Waals surface area contributed by atoms with Crippen molar-refractivity contribution in [2.24, 2.45) is 5.92 Å². The maximum absolute atomic E-state index is 12.3. The second-order valence-corrected chi connectivity index (χ2v) is 5.67. The lowest BCUT2D eigenvalue weighted by Crippen LogP contribution is -2.28. The molecule has 1 aromatic rings. The number of benzene rings is 1. The summed E-state index contributed by atoms with van der Waals surface area (Å²) < 4.78 is 0. The smallest absolute Gasteiger partial charge is 0.254 e. The molecule has 1 aliphatic heterocycles. The molecule has 1 heterocycles. The molecule has 0 spiro atoms.